The Bertz CT molecular complexity index is 480. The van der Waals surface area contributed by atoms with Crippen LogP contribution in [0.2, 0.25) is 0 Å². The van der Waals surface area contributed by atoms with Crippen LogP contribution in [0.5, 0.6) is 0 Å². The van der Waals surface area contributed by atoms with Crippen LogP contribution < -0.4 is 10.6 Å². The fraction of sp³-hybridized carbons (Fsp3) is 0.400. The zero-order valence-corrected chi connectivity index (χ0v) is 10.1. The molecule has 0 aliphatic heterocycles. The molecule has 0 aliphatic rings. The molecule has 1 aromatic rings. The summed E-state index contributed by atoms with van der Waals surface area (Å²) in [5.41, 5.74) is 0.935. The molecule has 0 unspecified atom stereocenters. The number of carboxylic acids is 1. The Labute approximate surface area is 103 Å². The van der Waals surface area contributed by atoms with Crippen LogP contribution in [0, 0.1) is 6.92 Å². The molecule has 0 aromatic carbocycles. The van der Waals surface area contributed by atoms with Crippen LogP contribution in [0.4, 0.5) is 0 Å². The predicted octanol–water partition coefficient (Wildman–Crippen LogP) is -1.34. The van der Waals surface area contributed by atoms with Crippen molar-refractivity contribution in [1.82, 2.24) is 20.4 Å². The maximum absolute atomic E-state index is 11.7. The van der Waals surface area contributed by atoms with Gasteiger partial charge in [-0.15, -0.1) is 0 Å². The van der Waals surface area contributed by atoms with E-state index in [1.54, 1.807) is 20.2 Å². The molecule has 0 atom stereocenters. The number of amides is 2. The molecule has 18 heavy (non-hydrogen) atoms. The van der Waals surface area contributed by atoms with E-state index in [2.05, 4.69) is 15.7 Å². The normalized spacial score (nSPS) is 9.89. The summed E-state index contributed by atoms with van der Waals surface area (Å²) in [5.74, 6) is -2.13. The van der Waals surface area contributed by atoms with E-state index >= 15 is 0 Å². The van der Waals surface area contributed by atoms with E-state index in [0.717, 1.165) is 0 Å². The van der Waals surface area contributed by atoms with Gasteiger partial charge >= 0.3 is 5.97 Å². The van der Waals surface area contributed by atoms with E-state index in [0.29, 0.717) is 11.3 Å². The van der Waals surface area contributed by atoms with Gasteiger partial charge in [-0.05, 0) is 6.92 Å². The van der Waals surface area contributed by atoms with Gasteiger partial charge in [-0.1, -0.05) is 0 Å². The molecule has 0 saturated carbocycles. The van der Waals surface area contributed by atoms with Crippen molar-refractivity contribution in [3.63, 3.8) is 0 Å². The van der Waals surface area contributed by atoms with Crippen LogP contribution in [0.3, 0.4) is 0 Å². The SMILES string of the molecule is Cc1nn(C)cc1C(=O)NCC(=O)NCC(=O)O. The second-order valence-corrected chi connectivity index (χ2v) is 3.65. The van der Waals surface area contributed by atoms with Gasteiger partial charge in [0, 0.05) is 13.2 Å². The minimum atomic E-state index is -1.14. The first kappa shape index (κ1) is 13.7. The number of aliphatic carboxylic acids is 1. The summed E-state index contributed by atoms with van der Waals surface area (Å²) < 4.78 is 1.49. The summed E-state index contributed by atoms with van der Waals surface area (Å²) in [7, 11) is 1.68. The molecule has 8 heteroatoms. The predicted molar refractivity (Wildman–Crippen MR) is 60.9 cm³/mol. The molecule has 1 heterocycles. The largest absolute Gasteiger partial charge is 0.480 e. The van der Waals surface area contributed by atoms with Gasteiger partial charge < -0.3 is 15.7 Å². The lowest BCUT2D eigenvalue weighted by Crippen LogP contribution is -2.39. The van der Waals surface area contributed by atoms with Crippen molar-refractivity contribution in [2.45, 2.75) is 6.92 Å². The molecule has 1 rings (SSSR count). The number of hydrogen-bond donors (Lipinski definition) is 3. The van der Waals surface area contributed by atoms with Crippen LogP contribution in [-0.2, 0) is 16.6 Å². The van der Waals surface area contributed by atoms with E-state index in [4.69, 9.17) is 5.11 Å². The van der Waals surface area contributed by atoms with Gasteiger partial charge in [0.2, 0.25) is 5.91 Å². The van der Waals surface area contributed by atoms with Crippen molar-refractivity contribution in [3.05, 3.63) is 17.5 Å². The number of nitrogens with zero attached hydrogens (tertiary/aromatic N) is 2. The lowest BCUT2D eigenvalue weighted by Gasteiger charge is -2.04. The Morgan fingerprint density at radius 1 is 1.33 bits per heavy atom. The van der Waals surface area contributed by atoms with E-state index in [1.165, 1.54) is 4.68 Å². The first-order valence-corrected chi connectivity index (χ1v) is 5.17. The Kier molecular flexibility index (Phi) is 4.41. The Hall–Kier alpha value is -2.38. The highest BCUT2D eigenvalue weighted by Gasteiger charge is 2.13. The third-order valence-corrected chi connectivity index (χ3v) is 2.10. The quantitative estimate of drug-likeness (QED) is 0.601. The van der Waals surface area contributed by atoms with Gasteiger partial charge in [0.15, 0.2) is 0 Å². The Morgan fingerprint density at radius 2 is 2.00 bits per heavy atom. The number of aromatic nitrogens is 2. The average Bonchev–Trinajstić information content (AvgIpc) is 2.62. The van der Waals surface area contributed by atoms with E-state index in [9.17, 15) is 14.4 Å². The van der Waals surface area contributed by atoms with E-state index < -0.39 is 24.3 Å². The first-order chi connectivity index (χ1) is 8.40. The first-order valence-electron chi connectivity index (χ1n) is 5.17. The fourth-order valence-corrected chi connectivity index (χ4v) is 1.31. The highest BCUT2D eigenvalue weighted by molar-refractivity contribution is 5.97. The summed E-state index contributed by atoms with van der Waals surface area (Å²) in [6.45, 7) is 0.931. The van der Waals surface area contributed by atoms with Crippen LogP contribution in [0.15, 0.2) is 6.20 Å². The van der Waals surface area contributed by atoms with Gasteiger partial charge in [-0.2, -0.15) is 5.10 Å². The topological polar surface area (TPSA) is 113 Å². The van der Waals surface area contributed by atoms with Crippen molar-refractivity contribution < 1.29 is 19.5 Å². The minimum Gasteiger partial charge on any atom is -0.480 e. The zero-order valence-electron chi connectivity index (χ0n) is 10.1. The lowest BCUT2D eigenvalue weighted by atomic mass is 10.2. The number of carbonyl (C=O) groups excluding carboxylic acids is 2. The van der Waals surface area contributed by atoms with Gasteiger partial charge in [-0.3, -0.25) is 19.1 Å². The smallest absolute Gasteiger partial charge is 0.322 e. The molecule has 0 saturated heterocycles. The van der Waals surface area contributed by atoms with Crippen molar-refractivity contribution in [2.24, 2.45) is 7.05 Å². The standard InChI is InChI=1S/C10H14N4O4/c1-6-7(5-14(2)13-6)10(18)12-3-8(15)11-4-9(16)17/h5H,3-4H2,1-2H3,(H,11,15)(H,12,18)(H,16,17). The molecule has 3 N–H and O–H groups in total. The zero-order chi connectivity index (χ0) is 13.7. The molecule has 0 bridgehead atoms. The van der Waals surface area contributed by atoms with Crippen molar-refractivity contribution in [2.75, 3.05) is 13.1 Å². The number of rotatable bonds is 5. The van der Waals surface area contributed by atoms with Gasteiger partial charge in [0.1, 0.15) is 6.54 Å². The van der Waals surface area contributed by atoms with Gasteiger partial charge in [0.25, 0.3) is 5.91 Å². The van der Waals surface area contributed by atoms with Crippen LogP contribution in [-0.4, -0.2) is 45.8 Å². The molecular formula is C10H14N4O4. The molecule has 2 amide bonds. The molecule has 1 aromatic heterocycles. The number of carboxylic acid groups (broad SMARTS) is 1. The second kappa shape index (κ2) is 5.80. The molecule has 0 fully saturated rings. The number of aryl methyl sites for hydroxylation is 2. The molecule has 98 valence electrons. The average molecular weight is 254 g/mol. The summed E-state index contributed by atoms with van der Waals surface area (Å²) >= 11 is 0. The summed E-state index contributed by atoms with van der Waals surface area (Å²) in [4.78, 5) is 33.0. The maximum atomic E-state index is 11.7. The van der Waals surface area contributed by atoms with Crippen LogP contribution in [0.1, 0.15) is 16.1 Å². The van der Waals surface area contributed by atoms with Crippen LogP contribution >= 0.6 is 0 Å². The minimum absolute atomic E-state index is 0.277. The van der Waals surface area contributed by atoms with Gasteiger partial charge in [-0.25, -0.2) is 0 Å². The third kappa shape index (κ3) is 3.89. The molecule has 0 aliphatic carbocycles. The van der Waals surface area contributed by atoms with Gasteiger partial charge in [0.05, 0.1) is 17.8 Å². The van der Waals surface area contributed by atoms with Crippen molar-refractivity contribution >= 4 is 17.8 Å². The fourth-order valence-electron chi connectivity index (χ4n) is 1.31. The summed E-state index contributed by atoms with van der Waals surface area (Å²) in [5, 5.41) is 16.9. The Balaban J connectivity index is 2.44. The van der Waals surface area contributed by atoms with Crippen LogP contribution in [0.25, 0.3) is 0 Å². The van der Waals surface area contributed by atoms with Crippen molar-refractivity contribution in [1.29, 1.82) is 0 Å². The summed E-state index contributed by atoms with van der Waals surface area (Å²) in [6.07, 6.45) is 1.54. The monoisotopic (exact) mass is 254 g/mol. The molecule has 0 radical (unpaired) electrons. The molecule has 0 spiro atoms. The molecular weight excluding hydrogens is 240 g/mol. The number of carbonyl (C=O) groups is 3. The van der Waals surface area contributed by atoms with Crippen molar-refractivity contribution in [3.8, 4) is 0 Å². The van der Waals surface area contributed by atoms with E-state index in [-0.39, 0.29) is 6.54 Å². The second-order valence-electron chi connectivity index (χ2n) is 3.65. The van der Waals surface area contributed by atoms with E-state index in [1.807, 2.05) is 0 Å². The third-order valence-electron chi connectivity index (χ3n) is 2.10. The highest BCUT2D eigenvalue weighted by atomic mass is 16.4. The number of hydrogen-bond acceptors (Lipinski definition) is 4. The summed E-state index contributed by atoms with van der Waals surface area (Å²) in [6, 6.07) is 0. The highest BCUT2D eigenvalue weighted by Crippen LogP contribution is 2.03. The lowest BCUT2D eigenvalue weighted by molar-refractivity contribution is -0.137. The number of nitrogens with one attached hydrogen (secondary N) is 2. The maximum Gasteiger partial charge on any atom is 0.322 e. The molecule has 8 nitrogen and oxygen atoms in total. The Morgan fingerprint density at radius 3 is 2.50 bits per heavy atom.